The van der Waals surface area contributed by atoms with Crippen molar-refractivity contribution in [2.75, 3.05) is 24.7 Å². The van der Waals surface area contributed by atoms with Gasteiger partial charge in [0.25, 0.3) is 0 Å². The summed E-state index contributed by atoms with van der Waals surface area (Å²) in [7, 11) is -3.11. The molecule has 1 saturated heterocycles. The van der Waals surface area contributed by atoms with Crippen molar-refractivity contribution in [1.82, 2.24) is 14.5 Å². The Bertz CT molecular complexity index is 763. The molecule has 1 aliphatic heterocycles. The predicted molar refractivity (Wildman–Crippen MR) is 94.6 cm³/mol. The zero-order valence-electron chi connectivity index (χ0n) is 13.7. The highest BCUT2D eigenvalue weighted by Gasteiger charge is 2.26. The molecule has 0 bridgehead atoms. The number of sulfonamides is 1. The van der Waals surface area contributed by atoms with Crippen LogP contribution in [0.3, 0.4) is 0 Å². The lowest BCUT2D eigenvalue weighted by Gasteiger charge is -2.30. The lowest BCUT2D eigenvalue weighted by molar-refractivity contribution is 0.265. The first-order valence-electron chi connectivity index (χ1n) is 8.10. The van der Waals surface area contributed by atoms with Gasteiger partial charge in [0.05, 0.1) is 11.9 Å². The van der Waals surface area contributed by atoms with Crippen LogP contribution in [0.1, 0.15) is 18.5 Å². The minimum Gasteiger partial charge on any atom is -0.339 e. The fourth-order valence-electron chi connectivity index (χ4n) is 3.00. The molecule has 0 amide bonds. The summed E-state index contributed by atoms with van der Waals surface area (Å²) in [5.74, 6) is 1.00. The Kier molecular flexibility index (Phi) is 5.11. The number of nitrogens with zero attached hydrogens (tertiary/aromatic N) is 3. The molecule has 0 saturated carbocycles. The largest absolute Gasteiger partial charge is 0.339 e. The Hall–Kier alpha value is -1.99. The molecule has 1 fully saturated rings. The van der Waals surface area contributed by atoms with Crippen LogP contribution in [0.4, 0.5) is 11.5 Å². The molecule has 1 aromatic carbocycles. The number of aromatic nitrogens is 2. The molecule has 3 rings (SSSR count). The van der Waals surface area contributed by atoms with Crippen molar-refractivity contribution in [3.8, 4) is 0 Å². The normalized spacial score (nSPS) is 19.1. The molecule has 1 unspecified atom stereocenters. The van der Waals surface area contributed by atoms with Gasteiger partial charge in [0.2, 0.25) is 10.0 Å². The summed E-state index contributed by atoms with van der Waals surface area (Å²) in [6.07, 6.45) is 3.96. The van der Waals surface area contributed by atoms with E-state index in [1.807, 2.05) is 42.5 Å². The Morgan fingerprint density at radius 3 is 2.62 bits per heavy atom. The highest BCUT2D eigenvalue weighted by molar-refractivity contribution is 7.88. The summed E-state index contributed by atoms with van der Waals surface area (Å²) in [5, 5.41) is 11.7. The molecule has 0 radical (unpaired) electrons. The van der Waals surface area contributed by atoms with Gasteiger partial charge in [-0.2, -0.15) is 5.10 Å². The molecule has 24 heavy (non-hydrogen) atoms. The maximum absolute atomic E-state index is 11.7. The van der Waals surface area contributed by atoms with Crippen LogP contribution in [0, 0.1) is 5.92 Å². The second kappa shape index (κ2) is 7.27. The average Bonchev–Trinajstić information content (AvgIpc) is 2.57. The van der Waals surface area contributed by atoms with Crippen LogP contribution < -0.4 is 5.32 Å². The molecule has 1 aromatic heterocycles. The summed E-state index contributed by atoms with van der Waals surface area (Å²) in [5.41, 5.74) is 1.87. The Labute approximate surface area is 143 Å². The van der Waals surface area contributed by atoms with Gasteiger partial charge in [-0.1, -0.05) is 18.2 Å². The molecule has 7 heteroatoms. The average molecular weight is 346 g/mol. The molecule has 0 aliphatic carbocycles. The highest BCUT2D eigenvalue weighted by atomic mass is 32.2. The molecule has 1 aliphatic rings. The van der Waals surface area contributed by atoms with Crippen LogP contribution in [-0.4, -0.2) is 42.3 Å². The summed E-state index contributed by atoms with van der Waals surface area (Å²) < 4.78 is 25.0. The van der Waals surface area contributed by atoms with Crippen LogP contribution in [0.15, 0.2) is 42.5 Å². The number of para-hydroxylation sites is 1. The number of hydrogen-bond acceptors (Lipinski definition) is 5. The van der Waals surface area contributed by atoms with Crippen LogP contribution >= 0.6 is 0 Å². The van der Waals surface area contributed by atoms with E-state index in [-0.39, 0.29) is 0 Å². The molecule has 2 heterocycles. The van der Waals surface area contributed by atoms with Crippen LogP contribution in [0.5, 0.6) is 0 Å². The maximum Gasteiger partial charge on any atom is 0.211 e. The number of anilines is 2. The fourth-order valence-corrected chi connectivity index (χ4v) is 3.94. The minimum atomic E-state index is -3.11. The fraction of sp³-hybridized carbons (Fsp3) is 0.412. The number of rotatable bonds is 5. The van der Waals surface area contributed by atoms with E-state index >= 15 is 0 Å². The van der Waals surface area contributed by atoms with E-state index in [9.17, 15) is 8.42 Å². The second-order valence-corrected chi connectivity index (χ2v) is 8.22. The molecule has 1 N–H and O–H groups in total. The topological polar surface area (TPSA) is 75.2 Å². The van der Waals surface area contributed by atoms with Crippen LogP contribution in [-0.2, 0) is 16.4 Å². The lowest BCUT2D eigenvalue weighted by Crippen LogP contribution is -2.39. The molecular weight excluding hydrogens is 324 g/mol. The van der Waals surface area contributed by atoms with Crippen LogP contribution in [0.2, 0.25) is 0 Å². The summed E-state index contributed by atoms with van der Waals surface area (Å²) >= 11 is 0. The first-order chi connectivity index (χ1) is 11.5. The van der Waals surface area contributed by atoms with Gasteiger partial charge in [0, 0.05) is 18.8 Å². The Morgan fingerprint density at radius 1 is 1.17 bits per heavy atom. The maximum atomic E-state index is 11.7. The van der Waals surface area contributed by atoms with Gasteiger partial charge in [0.15, 0.2) is 5.82 Å². The third kappa shape index (κ3) is 4.52. The SMILES string of the molecule is CS(=O)(=O)N1CCCC(Cc2ccc(Nc3ccccc3)nn2)C1. The minimum absolute atomic E-state index is 0.302. The predicted octanol–water partition coefficient (Wildman–Crippen LogP) is 2.43. The number of hydrogen-bond donors (Lipinski definition) is 1. The van der Waals surface area contributed by atoms with Crippen molar-refractivity contribution in [1.29, 1.82) is 0 Å². The monoisotopic (exact) mass is 346 g/mol. The van der Waals surface area contributed by atoms with Gasteiger partial charge in [-0.15, -0.1) is 5.10 Å². The number of piperidine rings is 1. The van der Waals surface area contributed by atoms with Crippen molar-refractivity contribution >= 4 is 21.5 Å². The molecular formula is C17H22N4O2S. The van der Waals surface area contributed by atoms with Gasteiger partial charge < -0.3 is 5.32 Å². The van der Waals surface area contributed by atoms with Crippen molar-refractivity contribution < 1.29 is 8.42 Å². The third-order valence-corrected chi connectivity index (χ3v) is 5.48. The number of benzene rings is 1. The Morgan fingerprint density at radius 2 is 1.96 bits per heavy atom. The van der Waals surface area contributed by atoms with Gasteiger partial charge in [-0.25, -0.2) is 12.7 Å². The molecule has 0 spiro atoms. The van der Waals surface area contributed by atoms with E-state index in [0.29, 0.717) is 24.8 Å². The first-order valence-corrected chi connectivity index (χ1v) is 9.95. The summed E-state index contributed by atoms with van der Waals surface area (Å²) in [6.45, 7) is 1.20. The van der Waals surface area contributed by atoms with Crippen molar-refractivity contribution in [3.63, 3.8) is 0 Å². The van der Waals surface area contributed by atoms with Gasteiger partial charge in [-0.05, 0) is 49.4 Å². The summed E-state index contributed by atoms with van der Waals surface area (Å²) in [4.78, 5) is 0. The molecule has 2 aromatic rings. The van der Waals surface area contributed by atoms with E-state index in [4.69, 9.17) is 0 Å². The van der Waals surface area contributed by atoms with E-state index in [2.05, 4.69) is 15.5 Å². The van der Waals surface area contributed by atoms with Crippen molar-refractivity contribution in [2.45, 2.75) is 19.3 Å². The van der Waals surface area contributed by atoms with Gasteiger partial charge in [0.1, 0.15) is 0 Å². The molecule has 1 atom stereocenters. The molecule has 6 nitrogen and oxygen atoms in total. The van der Waals surface area contributed by atoms with Gasteiger partial charge in [-0.3, -0.25) is 0 Å². The smallest absolute Gasteiger partial charge is 0.211 e. The van der Waals surface area contributed by atoms with Crippen molar-refractivity contribution in [2.24, 2.45) is 5.92 Å². The quantitative estimate of drug-likeness (QED) is 0.900. The zero-order valence-corrected chi connectivity index (χ0v) is 14.5. The van der Waals surface area contributed by atoms with Crippen molar-refractivity contribution in [3.05, 3.63) is 48.2 Å². The standard InChI is InChI=1S/C17H22N4O2S/c1-24(22,23)21-11-5-6-14(13-21)12-16-9-10-17(20-19-16)18-15-7-3-2-4-8-15/h2-4,7-10,14H,5-6,11-13H2,1H3,(H,18,20). The van der Waals surface area contributed by atoms with Crippen LogP contribution in [0.25, 0.3) is 0 Å². The highest BCUT2D eigenvalue weighted by Crippen LogP contribution is 2.22. The molecule has 128 valence electrons. The third-order valence-electron chi connectivity index (χ3n) is 4.21. The second-order valence-electron chi connectivity index (χ2n) is 6.23. The number of nitrogens with one attached hydrogen (secondary N) is 1. The van der Waals surface area contributed by atoms with E-state index in [0.717, 1.165) is 30.6 Å². The summed E-state index contributed by atoms with van der Waals surface area (Å²) in [6, 6.07) is 13.7. The van der Waals surface area contributed by atoms with E-state index in [1.165, 1.54) is 6.26 Å². The van der Waals surface area contributed by atoms with E-state index < -0.39 is 10.0 Å². The van der Waals surface area contributed by atoms with Gasteiger partial charge >= 0.3 is 0 Å². The van der Waals surface area contributed by atoms with E-state index in [1.54, 1.807) is 4.31 Å². The first kappa shape index (κ1) is 16.9. The Balaban J connectivity index is 1.60. The lowest BCUT2D eigenvalue weighted by atomic mass is 9.94. The zero-order chi connectivity index (χ0) is 17.0.